The Morgan fingerprint density at radius 1 is 1.44 bits per heavy atom. The first kappa shape index (κ1) is 14.3. The summed E-state index contributed by atoms with van der Waals surface area (Å²) in [4.78, 5) is 11.4. The molecule has 0 bridgehead atoms. The maximum Gasteiger partial charge on any atom is 0.244 e. The second kappa shape index (κ2) is 8.31. The van der Waals surface area contributed by atoms with Gasteiger partial charge < -0.3 is 15.2 Å². The van der Waals surface area contributed by atoms with Crippen molar-refractivity contribution in [2.45, 2.75) is 13.3 Å². The summed E-state index contributed by atoms with van der Waals surface area (Å²) in [5.41, 5.74) is 0.872. The van der Waals surface area contributed by atoms with E-state index in [4.69, 9.17) is 9.84 Å². The third kappa shape index (κ3) is 5.01. The fourth-order valence-corrected chi connectivity index (χ4v) is 1.42. The SMILES string of the molecule is CCOc1ccccc1/C=C/C(=O)NCCCO. The van der Waals surface area contributed by atoms with E-state index < -0.39 is 0 Å². The zero-order valence-corrected chi connectivity index (χ0v) is 10.6. The van der Waals surface area contributed by atoms with Gasteiger partial charge in [0.05, 0.1) is 6.61 Å². The number of aliphatic hydroxyl groups is 1. The van der Waals surface area contributed by atoms with E-state index in [1.807, 2.05) is 31.2 Å². The summed E-state index contributed by atoms with van der Waals surface area (Å²) >= 11 is 0. The van der Waals surface area contributed by atoms with E-state index in [-0.39, 0.29) is 12.5 Å². The monoisotopic (exact) mass is 249 g/mol. The molecule has 1 amide bonds. The molecule has 0 saturated carbocycles. The van der Waals surface area contributed by atoms with Crippen molar-refractivity contribution in [2.24, 2.45) is 0 Å². The summed E-state index contributed by atoms with van der Waals surface area (Å²) in [7, 11) is 0. The fraction of sp³-hybridized carbons (Fsp3) is 0.357. The number of ether oxygens (including phenoxy) is 1. The highest BCUT2D eigenvalue weighted by atomic mass is 16.5. The summed E-state index contributed by atoms with van der Waals surface area (Å²) < 4.78 is 5.45. The van der Waals surface area contributed by atoms with Crippen LogP contribution < -0.4 is 10.1 Å². The first-order valence-electron chi connectivity index (χ1n) is 6.06. The van der Waals surface area contributed by atoms with Crippen LogP contribution >= 0.6 is 0 Å². The summed E-state index contributed by atoms with van der Waals surface area (Å²) in [6, 6.07) is 7.55. The molecular weight excluding hydrogens is 230 g/mol. The number of rotatable bonds is 7. The normalized spacial score (nSPS) is 10.6. The van der Waals surface area contributed by atoms with E-state index in [1.165, 1.54) is 6.08 Å². The van der Waals surface area contributed by atoms with Crippen molar-refractivity contribution in [1.82, 2.24) is 5.32 Å². The molecule has 18 heavy (non-hydrogen) atoms. The van der Waals surface area contributed by atoms with Gasteiger partial charge in [-0.3, -0.25) is 4.79 Å². The predicted octanol–water partition coefficient (Wildman–Crippen LogP) is 1.60. The zero-order chi connectivity index (χ0) is 13.2. The van der Waals surface area contributed by atoms with Gasteiger partial charge in [-0.05, 0) is 25.5 Å². The lowest BCUT2D eigenvalue weighted by molar-refractivity contribution is -0.116. The van der Waals surface area contributed by atoms with Crippen molar-refractivity contribution in [3.8, 4) is 5.75 Å². The van der Waals surface area contributed by atoms with Crippen molar-refractivity contribution in [1.29, 1.82) is 0 Å². The largest absolute Gasteiger partial charge is 0.493 e. The number of nitrogens with one attached hydrogen (secondary N) is 1. The molecule has 0 spiro atoms. The van der Waals surface area contributed by atoms with Crippen molar-refractivity contribution >= 4 is 12.0 Å². The maximum atomic E-state index is 11.4. The predicted molar refractivity (Wildman–Crippen MR) is 71.4 cm³/mol. The van der Waals surface area contributed by atoms with E-state index in [2.05, 4.69) is 5.32 Å². The lowest BCUT2D eigenvalue weighted by Gasteiger charge is -2.06. The maximum absolute atomic E-state index is 11.4. The molecule has 0 aliphatic heterocycles. The Balaban J connectivity index is 2.57. The van der Waals surface area contributed by atoms with Gasteiger partial charge in [0.25, 0.3) is 0 Å². The van der Waals surface area contributed by atoms with E-state index in [0.29, 0.717) is 19.6 Å². The van der Waals surface area contributed by atoms with Crippen LogP contribution in [0.15, 0.2) is 30.3 Å². The zero-order valence-electron chi connectivity index (χ0n) is 10.6. The van der Waals surface area contributed by atoms with Crippen molar-refractivity contribution in [3.63, 3.8) is 0 Å². The first-order chi connectivity index (χ1) is 8.77. The highest BCUT2D eigenvalue weighted by Crippen LogP contribution is 2.19. The molecule has 1 aromatic rings. The van der Waals surface area contributed by atoms with Crippen LogP contribution in [0.2, 0.25) is 0 Å². The van der Waals surface area contributed by atoms with E-state index in [0.717, 1.165) is 11.3 Å². The summed E-state index contributed by atoms with van der Waals surface area (Å²) in [5.74, 6) is 0.592. The number of hydrogen-bond acceptors (Lipinski definition) is 3. The van der Waals surface area contributed by atoms with E-state index >= 15 is 0 Å². The third-order valence-electron chi connectivity index (χ3n) is 2.27. The van der Waals surface area contributed by atoms with Gasteiger partial charge in [0.2, 0.25) is 5.91 Å². The standard InChI is InChI=1S/C14H19NO3/c1-2-18-13-7-4-3-6-12(13)8-9-14(17)15-10-5-11-16/h3-4,6-9,16H,2,5,10-11H2,1H3,(H,15,17)/b9-8+. The summed E-state index contributed by atoms with van der Waals surface area (Å²) in [6.07, 6.45) is 3.75. The second-order valence-electron chi connectivity index (χ2n) is 3.67. The molecule has 0 atom stereocenters. The van der Waals surface area contributed by atoms with Crippen LogP contribution in [0.25, 0.3) is 6.08 Å². The molecule has 0 aliphatic rings. The number of amides is 1. The molecule has 0 saturated heterocycles. The average molecular weight is 249 g/mol. The van der Waals surface area contributed by atoms with Gasteiger partial charge in [-0.1, -0.05) is 18.2 Å². The van der Waals surface area contributed by atoms with Crippen LogP contribution in [0.4, 0.5) is 0 Å². The van der Waals surface area contributed by atoms with Crippen molar-refractivity contribution in [3.05, 3.63) is 35.9 Å². The Bertz CT molecular complexity index is 402. The Kier molecular flexibility index (Phi) is 6.58. The van der Waals surface area contributed by atoms with Gasteiger partial charge in [0.15, 0.2) is 0 Å². The Morgan fingerprint density at radius 2 is 2.22 bits per heavy atom. The number of carbonyl (C=O) groups is 1. The first-order valence-corrected chi connectivity index (χ1v) is 6.06. The third-order valence-corrected chi connectivity index (χ3v) is 2.27. The molecule has 0 aromatic heterocycles. The average Bonchev–Trinajstić information content (AvgIpc) is 2.38. The van der Waals surface area contributed by atoms with Crippen LogP contribution in [0.5, 0.6) is 5.75 Å². The minimum absolute atomic E-state index is 0.0805. The van der Waals surface area contributed by atoms with Crippen LogP contribution in [0, 0.1) is 0 Å². The molecule has 0 fully saturated rings. The van der Waals surface area contributed by atoms with Crippen LogP contribution in [0.1, 0.15) is 18.9 Å². The summed E-state index contributed by atoms with van der Waals surface area (Å²) in [6.45, 7) is 3.07. The minimum atomic E-state index is -0.172. The van der Waals surface area contributed by atoms with E-state index in [9.17, 15) is 4.79 Å². The van der Waals surface area contributed by atoms with Crippen molar-refractivity contribution < 1.29 is 14.6 Å². The van der Waals surface area contributed by atoms with Gasteiger partial charge in [-0.15, -0.1) is 0 Å². The molecule has 4 heteroatoms. The molecule has 0 radical (unpaired) electrons. The van der Waals surface area contributed by atoms with Crippen molar-refractivity contribution in [2.75, 3.05) is 19.8 Å². The smallest absolute Gasteiger partial charge is 0.244 e. The molecule has 0 heterocycles. The molecular formula is C14H19NO3. The highest BCUT2D eigenvalue weighted by molar-refractivity contribution is 5.92. The molecule has 1 rings (SSSR count). The number of hydrogen-bond donors (Lipinski definition) is 2. The van der Waals surface area contributed by atoms with Crippen LogP contribution in [-0.4, -0.2) is 30.8 Å². The van der Waals surface area contributed by atoms with Gasteiger partial charge in [0, 0.05) is 24.8 Å². The van der Waals surface area contributed by atoms with Gasteiger partial charge in [0.1, 0.15) is 5.75 Å². The molecule has 2 N–H and O–H groups in total. The topological polar surface area (TPSA) is 58.6 Å². The number of para-hydroxylation sites is 1. The van der Waals surface area contributed by atoms with Gasteiger partial charge in [-0.25, -0.2) is 0 Å². The number of aliphatic hydroxyl groups excluding tert-OH is 1. The molecule has 98 valence electrons. The quantitative estimate of drug-likeness (QED) is 0.570. The lowest BCUT2D eigenvalue weighted by atomic mass is 10.2. The highest BCUT2D eigenvalue weighted by Gasteiger charge is 1.99. The Labute approximate surface area is 107 Å². The summed E-state index contributed by atoms with van der Waals surface area (Å²) in [5, 5.41) is 11.3. The Morgan fingerprint density at radius 3 is 2.94 bits per heavy atom. The van der Waals surface area contributed by atoms with Gasteiger partial charge in [-0.2, -0.15) is 0 Å². The van der Waals surface area contributed by atoms with Gasteiger partial charge >= 0.3 is 0 Å². The molecule has 0 aliphatic carbocycles. The fourth-order valence-electron chi connectivity index (χ4n) is 1.42. The molecule has 1 aromatic carbocycles. The number of carbonyl (C=O) groups excluding carboxylic acids is 1. The number of benzene rings is 1. The minimum Gasteiger partial charge on any atom is -0.493 e. The Hall–Kier alpha value is -1.81. The van der Waals surface area contributed by atoms with E-state index in [1.54, 1.807) is 6.08 Å². The second-order valence-corrected chi connectivity index (χ2v) is 3.67. The molecule has 4 nitrogen and oxygen atoms in total. The van der Waals surface area contributed by atoms with Crippen LogP contribution in [0.3, 0.4) is 0 Å². The van der Waals surface area contributed by atoms with Crippen LogP contribution in [-0.2, 0) is 4.79 Å². The lowest BCUT2D eigenvalue weighted by Crippen LogP contribution is -2.22. The molecule has 0 unspecified atom stereocenters.